The number of nitrogens with zero attached hydrogens (tertiary/aromatic N) is 2. The zero-order chi connectivity index (χ0) is 18.0. The molecule has 1 N–H and O–H groups in total. The molecular formula is C17H22ClN3O3S. The van der Waals surface area contributed by atoms with Gasteiger partial charge < -0.3 is 4.74 Å². The summed E-state index contributed by atoms with van der Waals surface area (Å²) >= 11 is 6.28. The smallest absolute Gasteiger partial charge is 0.235 e. The summed E-state index contributed by atoms with van der Waals surface area (Å²) in [6.07, 6.45) is 2.98. The average Bonchev–Trinajstić information content (AvgIpc) is 3.16. The van der Waals surface area contributed by atoms with Crippen molar-refractivity contribution in [1.29, 1.82) is 0 Å². The quantitative estimate of drug-likeness (QED) is 0.827. The van der Waals surface area contributed by atoms with E-state index >= 15 is 0 Å². The summed E-state index contributed by atoms with van der Waals surface area (Å²) in [4.78, 5) is 0. The summed E-state index contributed by atoms with van der Waals surface area (Å²) in [7, 11) is -3.51. The van der Waals surface area contributed by atoms with Crippen molar-refractivity contribution in [2.45, 2.75) is 38.7 Å². The molecule has 0 spiro atoms. The van der Waals surface area contributed by atoms with E-state index < -0.39 is 10.0 Å². The number of hydrogen-bond donors (Lipinski definition) is 1. The average molecular weight is 384 g/mol. The number of anilines is 1. The summed E-state index contributed by atoms with van der Waals surface area (Å²) in [5.74, 6) is 0.0149. The maximum absolute atomic E-state index is 12.5. The fraction of sp³-hybridized carbons (Fsp3) is 0.471. The first-order valence-electron chi connectivity index (χ1n) is 8.32. The molecule has 1 aromatic heterocycles. The van der Waals surface area contributed by atoms with Gasteiger partial charge in [0.15, 0.2) is 0 Å². The molecule has 136 valence electrons. The van der Waals surface area contributed by atoms with Gasteiger partial charge in [0.25, 0.3) is 0 Å². The Labute approximate surface area is 153 Å². The molecule has 1 aliphatic heterocycles. The van der Waals surface area contributed by atoms with Crippen LogP contribution in [0.2, 0.25) is 5.02 Å². The van der Waals surface area contributed by atoms with Crippen LogP contribution in [-0.4, -0.2) is 36.7 Å². The third-order valence-corrected chi connectivity index (χ3v) is 5.79. The molecule has 2 heterocycles. The van der Waals surface area contributed by atoms with Crippen LogP contribution in [0.1, 0.15) is 38.3 Å². The minimum absolute atomic E-state index is 0.0399. The number of hydrogen-bond acceptors (Lipinski definition) is 4. The van der Waals surface area contributed by atoms with E-state index in [4.69, 9.17) is 16.3 Å². The number of ether oxygens (including phenoxy) is 1. The second-order valence-electron chi connectivity index (χ2n) is 6.48. The molecule has 6 nitrogen and oxygen atoms in total. The van der Waals surface area contributed by atoms with E-state index in [0.717, 1.165) is 24.2 Å². The Bertz CT molecular complexity index is 843. The van der Waals surface area contributed by atoms with Crippen LogP contribution in [0.15, 0.2) is 30.5 Å². The fourth-order valence-electron chi connectivity index (χ4n) is 3.04. The minimum atomic E-state index is -3.51. The van der Waals surface area contributed by atoms with Crippen molar-refractivity contribution < 1.29 is 13.2 Å². The molecule has 0 saturated carbocycles. The van der Waals surface area contributed by atoms with Crippen LogP contribution in [0.4, 0.5) is 5.69 Å². The second-order valence-corrected chi connectivity index (χ2v) is 8.65. The molecule has 0 radical (unpaired) electrons. The van der Waals surface area contributed by atoms with Crippen LogP contribution in [0, 0.1) is 0 Å². The number of halogens is 1. The highest BCUT2D eigenvalue weighted by atomic mass is 35.5. The molecule has 1 aromatic carbocycles. The van der Waals surface area contributed by atoms with Crippen molar-refractivity contribution >= 4 is 27.3 Å². The van der Waals surface area contributed by atoms with Gasteiger partial charge in [-0.25, -0.2) is 13.1 Å². The van der Waals surface area contributed by atoms with Gasteiger partial charge in [-0.15, -0.1) is 0 Å². The highest BCUT2D eigenvalue weighted by Crippen LogP contribution is 2.30. The van der Waals surface area contributed by atoms with Crippen molar-refractivity contribution in [3.63, 3.8) is 0 Å². The van der Waals surface area contributed by atoms with E-state index in [2.05, 4.69) is 9.82 Å². The molecule has 25 heavy (non-hydrogen) atoms. The maximum Gasteiger partial charge on any atom is 0.235 e. The molecule has 0 amide bonds. The third-order valence-electron chi connectivity index (χ3n) is 4.13. The first kappa shape index (κ1) is 18.2. The summed E-state index contributed by atoms with van der Waals surface area (Å²) in [6, 6.07) is 7.35. The topological polar surface area (TPSA) is 73.2 Å². The van der Waals surface area contributed by atoms with E-state index in [1.165, 1.54) is 6.20 Å². The number of para-hydroxylation sites is 1. The molecule has 1 aliphatic rings. The zero-order valence-electron chi connectivity index (χ0n) is 14.3. The Morgan fingerprint density at radius 1 is 1.40 bits per heavy atom. The van der Waals surface area contributed by atoms with Crippen molar-refractivity contribution in [2.24, 2.45) is 0 Å². The van der Waals surface area contributed by atoms with E-state index in [-0.39, 0.29) is 17.8 Å². The van der Waals surface area contributed by atoms with E-state index in [9.17, 15) is 8.42 Å². The van der Waals surface area contributed by atoms with Gasteiger partial charge in [0.1, 0.15) is 0 Å². The van der Waals surface area contributed by atoms with Gasteiger partial charge in [-0.1, -0.05) is 37.6 Å². The third kappa shape index (κ3) is 4.16. The van der Waals surface area contributed by atoms with Gasteiger partial charge in [0.05, 0.1) is 40.1 Å². The first-order chi connectivity index (χ1) is 11.9. The Kier molecular flexibility index (Phi) is 5.36. The highest BCUT2D eigenvalue weighted by molar-refractivity contribution is 7.92. The van der Waals surface area contributed by atoms with Gasteiger partial charge >= 0.3 is 0 Å². The molecule has 1 saturated heterocycles. The molecular weight excluding hydrogens is 362 g/mol. The van der Waals surface area contributed by atoms with Crippen LogP contribution >= 0.6 is 11.6 Å². The monoisotopic (exact) mass is 383 g/mol. The maximum atomic E-state index is 12.5. The lowest BCUT2D eigenvalue weighted by molar-refractivity contribution is 0.127. The van der Waals surface area contributed by atoms with Crippen molar-refractivity contribution in [1.82, 2.24) is 9.78 Å². The lowest BCUT2D eigenvalue weighted by atomic mass is 10.1. The summed E-state index contributed by atoms with van der Waals surface area (Å²) in [5, 5.41) is 4.92. The number of aromatic nitrogens is 2. The number of nitrogens with one attached hydrogen (secondary N) is 1. The largest absolute Gasteiger partial charge is 0.377 e. The molecule has 2 aromatic rings. The number of benzene rings is 1. The van der Waals surface area contributed by atoms with E-state index in [1.54, 1.807) is 10.7 Å². The first-order valence-corrected chi connectivity index (χ1v) is 10.4. The van der Waals surface area contributed by atoms with Crippen molar-refractivity contribution in [3.8, 4) is 5.69 Å². The van der Waals surface area contributed by atoms with Crippen molar-refractivity contribution in [3.05, 3.63) is 41.2 Å². The second kappa shape index (κ2) is 7.35. The Morgan fingerprint density at radius 3 is 2.80 bits per heavy atom. The summed E-state index contributed by atoms with van der Waals surface area (Å²) in [5.41, 5.74) is 1.97. The van der Waals surface area contributed by atoms with Crippen LogP contribution in [-0.2, 0) is 14.8 Å². The predicted octanol–water partition coefficient (Wildman–Crippen LogP) is 3.57. The SMILES string of the molecule is CC(C)c1c(NS(=O)(=O)CC2CCCO2)cnn1-c1ccccc1Cl. The molecule has 0 bridgehead atoms. The Balaban J connectivity index is 1.91. The van der Waals surface area contributed by atoms with Gasteiger partial charge in [-0.3, -0.25) is 4.72 Å². The molecule has 8 heteroatoms. The van der Waals surface area contributed by atoms with Gasteiger partial charge in [0, 0.05) is 6.61 Å². The van der Waals surface area contributed by atoms with Gasteiger partial charge in [0.2, 0.25) is 10.0 Å². The number of sulfonamides is 1. The Hall–Kier alpha value is -1.57. The molecule has 1 unspecified atom stereocenters. The normalized spacial score (nSPS) is 18.0. The highest BCUT2D eigenvalue weighted by Gasteiger charge is 2.26. The lowest BCUT2D eigenvalue weighted by Crippen LogP contribution is -2.26. The van der Waals surface area contributed by atoms with Crippen LogP contribution in [0.25, 0.3) is 5.69 Å². The molecule has 3 rings (SSSR count). The van der Waals surface area contributed by atoms with Gasteiger partial charge in [-0.05, 0) is 30.9 Å². The molecule has 1 fully saturated rings. The molecule has 1 atom stereocenters. The lowest BCUT2D eigenvalue weighted by Gasteiger charge is -2.16. The van der Waals surface area contributed by atoms with Crippen LogP contribution in [0.3, 0.4) is 0 Å². The summed E-state index contributed by atoms with van der Waals surface area (Å²) in [6.45, 7) is 4.60. The number of rotatable bonds is 6. The van der Waals surface area contributed by atoms with Crippen molar-refractivity contribution in [2.75, 3.05) is 17.1 Å². The van der Waals surface area contributed by atoms with E-state index in [1.807, 2.05) is 32.0 Å². The Morgan fingerprint density at radius 2 is 2.16 bits per heavy atom. The fourth-order valence-corrected chi connectivity index (χ4v) is 4.58. The zero-order valence-corrected chi connectivity index (χ0v) is 15.8. The van der Waals surface area contributed by atoms with Crippen LogP contribution in [0.5, 0.6) is 0 Å². The van der Waals surface area contributed by atoms with Crippen LogP contribution < -0.4 is 4.72 Å². The predicted molar refractivity (Wildman–Crippen MR) is 99.0 cm³/mol. The molecule has 0 aliphatic carbocycles. The minimum Gasteiger partial charge on any atom is -0.377 e. The van der Waals surface area contributed by atoms with Gasteiger partial charge in [-0.2, -0.15) is 5.10 Å². The summed E-state index contributed by atoms with van der Waals surface area (Å²) < 4.78 is 34.8. The standard InChI is InChI=1S/C17H22ClN3O3S/c1-12(2)17-15(20-25(22,23)11-13-6-5-9-24-13)10-19-21(17)16-8-4-3-7-14(16)18/h3-4,7-8,10,12-13,20H,5-6,9,11H2,1-2H3. The van der Waals surface area contributed by atoms with E-state index in [0.29, 0.717) is 17.3 Å².